The third-order valence-corrected chi connectivity index (χ3v) is 7.42. The highest BCUT2D eigenvalue weighted by Crippen LogP contribution is 2.38. The van der Waals surface area contributed by atoms with Crippen LogP contribution in [0, 0.1) is 11.8 Å². The standard InChI is InChI=1S/C26H42/c1-3-5-6-7-8-9-10-22-13-16-26-20-25(18-17-24(26)19-22)23-14-11-21(4-2)12-15-23/h17-18,20-23H,3-16,19H2,1-2H3/t21-,22?,23-. The van der Waals surface area contributed by atoms with Crippen molar-refractivity contribution in [3.63, 3.8) is 0 Å². The summed E-state index contributed by atoms with van der Waals surface area (Å²) in [4.78, 5) is 0. The van der Waals surface area contributed by atoms with Crippen LogP contribution in [0.2, 0.25) is 0 Å². The van der Waals surface area contributed by atoms with Gasteiger partial charge in [-0.15, -0.1) is 0 Å². The summed E-state index contributed by atoms with van der Waals surface area (Å²) in [7, 11) is 0. The fourth-order valence-corrected chi connectivity index (χ4v) is 5.47. The number of hydrogen-bond acceptors (Lipinski definition) is 0. The van der Waals surface area contributed by atoms with Crippen LogP contribution in [0.25, 0.3) is 0 Å². The predicted octanol–water partition coefficient (Wildman–Crippen LogP) is 8.23. The molecule has 1 unspecified atom stereocenters. The molecular weight excluding hydrogens is 312 g/mol. The zero-order chi connectivity index (χ0) is 18.2. The van der Waals surface area contributed by atoms with Crippen molar-refractivity contribution < 1.29 is 0 Å². The Kier molecular flexibility index (Phi) is 8.08. The molecule has 0 saturated heterocycles. The van der Waals surface area contributed by atoms with Gasteiger partial charge in [0.25, 0.3) is 0 Å². The summed E-state index contributed by atoms with van der Waals surface area (Å²) in [6.45, 7) is 4.67. The van der Waals surface area contributed by atoms with Crippen LogP contribution in [0.15, 0.2) is 18.2 Å². The van der Waals surface area contributed by atoms with Gasteiger partial charge in [0.05, 0.1) is 0 Å². The van der Waals surface area contributed by atoms with Crippen molar-refractivity contribution in [1.82, 2.24) is 0 Å². The van der Waals surface area contributed by atoms with Crippen LogP contribution in [0.5, 0.6) is 0 Å². The van der Waals surface area contributed by atoms with E-state index in [9.17, 15) is 0 Å². The van der Waals surface area contributed by atoms with Gasteiger partial charge in [-0.25, -0.2) is 0 Å². The lowest BCUT2D eigenvalue weighted by Gasteiger charge is -2.30. The highest BCUT2D eigenvalue weighted by molar-refractivity contribution is 5.36. The maximum absolute atomic E-state index is 2.60. The van der Waals surface area contributed by atoms with Crippen LogP contribution >= 0.6 is 0 Å². The Morgan fingerprint density at radius 2 is 1.54 bits per heavy atom. The number of rotatable bonds is 9. The van der Waals surface area contributed by atoms with Crippen molar-refractivity contribution >= 4 is 0 Å². The van der Waals surface area contributed by atoms with E-state index in [0.29, 0.717) is 0 Å². The Morgan fingerprint density at radius 3 is 2.31 bits per heavy atom. The average Bonchev–Trinajstić information content (AvgIpc) is 2.70. The molecule has 0 heterocycles. The molecule has 0 radical (unpaired) electrons. The second-order valence-corrected chi connectivity index (χ2v) is 9.32. The molecule has 0 spiro atoms. The van der Waals surface area contributed by atoms with E-state index in [-0.39, 0.29) is 0 Å². The molecule has 0 amide bonds. The second-order valence-electron chi connectivity index (χ2n) is 9.32. The fraction of sp³-hybridized carbons (Fsp3) is 0.769. The summed E-state index contributed by atoms with van der Waals surface area (Å²) in [6.07, 6.45) is 21.4. The quantitative estimate of drug-likeness (QED) is 0.392. The third kappa shape index (κ3) is 5.61. The normalized spacial score (nSPS) is 25.8. The smallest absolute Gasteiger partial charge is 0.0162 e. The molecule has 0 bridgehead atoms. The Morgan fingerprint density at radius 1 is 0.769 bits per heavy atom. The number of fused-ring (bicyclic) bond motifs is 1. The van der Waals surface area contributed by atoms with E-state index in [1.807, 2.05) is 0 Å². The predicted molar refractivity (Wildman–Crippen MR) is 115 cm³/mol. The monoisotopic (exact) mass is 354 g/mol. The number of benzene rings is 1. The molecule has 1 fully saturated rings. The minimum Gasteiger partial charge on any atom is -0.0654 e. The van der Waals surface area contributed by atoms with Gasteiger partial charge in [0.15, 0.2) is 0 Å². The SMILES string of the molecule is CCCCCCCCC1CCc2cc([C@H]3CC[C@H](CC)CC3)ccc2C1. The van der Waals surface area contributed by atoms with E-state index in [2.05, 4.69) is 32.0 Å². The Bertz CT molecular complexity index is 521. The minimum absolute atomic E-state index is 0.851. The van der Waals surface area contributed by atoms with E-state index in [1.54, 1.807) is 16.7 Å². The zero-order valence-electron chi connectivity index (χ0n) is 17.6. The molecular formula is C26H42. The lowest BCUT2D eigenvalue weighted by atomic mass is 9.75. The van der Waals surface area contributed by atoms with Crippen LogP contribution in [0.1, 0.15) is 120 Å². The molecule has 1 aromatic rings. The lowest BCUT2D eigenvalue weighted by molar-refractivity contribution is 0.318. The van der Waals surface area contributed by atoms with Gasteiger partial charge in [0.2, 0.25) is 0 Å². The van der Waals surface area contributed by atoms with E-state index >= 15 is 0 Å². The van der Waals surface area contributed by atoms with Crippen LogP contribution in [0.3, 0.4) is 0 Å². The molecule has 0 heteroatoms. The van der Waals surface area contributed by atoms with Crippen LogP contribution in [0.4, 0.5) is 0 Å². The second kappa shape index (κ2) is 10.5. The van der Waals surface area contributed by atoms with Gasteiger partial charge in [0.1, 0.15) is 0 Å². The first-order valence-electron chi connectivity index (χ1n) is 11.9. The van der Waals surface area contributed by atoms with Crippen molar-refractivity contribution in [1.29, 1.82) is 0 Å². The first kappa shape index (κ1) is 20.0. The Hall–Kier alpha value is -0.780. The van der Waals surface area contributed by atoms with E-state index in [1.165, 1.54) is 96.3 Å². The molecule has 1 saturated carbocycles. The molecule has 0 nitrogen and oxygen atoms in total. The van der Waals surface area contributed by atoms with Crippen molar-refractivity contribution in [2.24, 2.45) is 11.8 Å². The van der Waals surface area contributed by atoms with Gasteiger partial charge in [-0.2, -0.15) is 0 Å². The van der Waals surface area contributed by atoms with Crippen molar-refractivity contribution in [3.8, 4) is 0 Å². The van der Waals surface area contributed by atoms with Gasteiger partial charge < -0.3 is 0 Å². The number of aryl methyl sites for hydroxylation is 1. The molecule has 146 valence electrons. The zero-order valence-corrected chi connectivity index (χ0v) is 17.6. The van der Waals surface area contributed by atoms with Crippen LogP contribution in [-0.4, -0.2) is 0 Å². The summed E-state index contributed by atoms with van der Waals surface area (Å²) < 4.78 is 0. The molecule has 3 rings (SSSR count). The summed E-state index contributed by atoms with van der Waals surface area (Å²) >= 11 is 0. The van der Waals surface area contributed by atoms with Crippen LogP contribution < -0.4 is 0 Å². The first-order valence-corrected chi connectivity index (χ1v) is 11.9. The maximum Gasteiger partial charge on any atom is -0.0162 e. The molecule has 1 atom stereocenters. The van der Waals surface area contributed by atoms with Gasteiger partial charge in [-0.05, 0) is 79.4 Å². The first-order chi connectivity index (χ1) is 12.8. The maximum atomic E-state index is 2.60. The molecule has 0 aromatic heterocycles. The van der Waals surface area contributed by atoms with E-state index < -0.39 is 0 Å². The summed E-state index contributed by atoms with van der Waals surface area (Å²) in [5, 5.41) is 0. The van der Waals surface area contributed by atoms with E-state index in [4.69, 9.17) is 0 Å². The average molecular weight is 355 g/mol. The van der Waals surface area contributed by atoms with E-state index in [0.717, 1.165) is 17.8 Å². The third-order valence-electron chi connectivity index (χ3n) is 7.42. The summed E-state index contributed by atoms with van der Waals surface area (Å²) in [5.41, 5.74) is 5.03. The van der Waals surface area contributed by atoms with Crippen LogP contribution in [-0.2, 0) is 12.8 Å². The van der Waals surface area contributed by atoms with Gasteiger partial charge in [0, 0.05) is 0 Å². The molecule has 2 aliphatic rings. The molecule has 0 aliphatic heterocycles. The largest absolute Gasteiger partial charge is 0.0654 e. The molecule has 1 aromatic carbocycles. The van der Waals surface area contributed by atoms with Crippen molar-refractivity contribution in [2.45, 2.75) is 116 Å². The van der Waals surface area contributed by atoms with Gasteiger partial charge >= 0.3 is 0 Å². The summed E-state index contributed by atoms with van der Waals surface area (Å²) in [5.74, 6) is 2.81. The topological polar surface area (TPSA) is 0 Å². The highest BCUT2D eigenvalue weighted by Gasteiger charge is 2.23. The Balaban J connectivity index is 1.45. The fourth-order valence-electron chi connectivity index (χ4n) is 5.47. The minimum atomic E-state index is 0.851. The number of hydrogen-bond donors (Lipinski definition) is 0. The molecule has 26 heavy (non-hydrogen) atoms. The molecule has 2 aliphatic carbocycles. The number of unbranched alkanes of at least 4 members (excludes halogenated alkanes) is 5. The Labute approximate surface area is 163 Å². The summed E-state index contributed by atoms with van der Waals surface area (Å²) in [6, 6.07) is 7.60. The molecule has 0 N–H and O–H groups in total. The van der Waals surface area contributed by atoms with Gasteiger partial charge in [-0.1, -0.05) is 83.4 Å². The van der Waals surface area contributed by atoms with Gasteiger partial charge in [-0.3, -0.25) is 0 Å². The highest BCUT2D eigenvalue weighted by atomic mass is 14.3. The lowest BCUT2D eigenvalue weighted by Crippen LogP contribution is -2.16. The van der Waals surface area contributed by atoms with Crippen molar-refractivity contribution in [2.75, 3.05) is 0 Å². The van der Waals surface area contributed by atoms with Crippen molar-refractivity contribution in [3.05, 3.63) is 34.9 Å².